The average Bonchev–Trinajstić information content (AvgIpc) is 0.809. The van der Waals surface area contributed by atoms with Gasteiger partial charge in [-0.05, 0) is 128 Å². The van der Waals surface area contributed by atoms with Crippen LogP contribution in [-0.4, -0.2) is 59.6 Å². The molecule has 0 saturated carbocycles. The van der Waals surface area contributed by atoms with Gasteiger partial charge in [0.25, 0.3) is 0 Å². The maximum Gasteiger partial charge on any atom is 0.137 e. The maximum atomic E-state index is 10.0. The Morgan fingerprint density at radius 3 is 1.30 bits per heavy atom. The molecule has 4 radical (unpaired) electrons. The third-order valence-electron chi connectivity index (χ3n) is 14.5. The summed E-state index contributed by atoms with van der Waals surface area (Å²) < 4.78 is 0. The quantitative estimate of drug-likeness (QED) is 0.0843. The smallest absolute Gasteiger partial charge is 0.137 e. The number of hydrogen-bond acceptors (Lipinski definition) is 11. The number of aryl methyl sites for hydroxylation is 4. The fraction of sp³-hybridized carbons (Fsp3) is 0.189. The number of ketones is 6. The molecule has 0 aliphatic carbocycles. The van der Waals surface area contributed by atoms with Gasteiger partial charge in [-0.15, -0.1) is 155 Å². The van der Waals surface area contributed by atoms with Crippen LogP contribution in [0, 0.1) is 58.0 Å². The molecule has 0 unspecified atom stereocenters. The molecule has 105 heavy (non-hydrogen) atoms. The Morgan fingerprint density at radius 2 is 0.838 bits per heavy atom. The largest absolute Gasteiger partial charge is 0.344 e. The molecule has 13 aromatic rings. The monoisotopic (exact) mass is 2100 g/mol. The van der Waals surface area contributed by atoms with E-state index in [4.69, 9.17) is 9.97 Å². The first-order valence-corrected chi connectivity index (χ1v) is 33.3. The van der Waals surface area contributed by atoms with Crippen LogP contribution in [-0.2, 0) is 109 Å². The molecule has 8 aromatic carbocycles. The summed E-state index contributed by atoms with van der Waals surface area (Å²) in [7, 11) is 0. The first-order chi connectivity index (χ1) is 48.5. The van der Waals surface area contributed by atoms with E-state index in [1.54, 1.807) is 6.20 Å². The first-order valence-electron chi connectivity index (χ1n) is 33.3. The zero-order chi connectivity index (χ0) is 73.2. The molecule has 548 valence electrons. The van der Waals surface area contributed by atoms with E-state index in [2.05, 4.69) is 184 Å². The summed E-state index contributed by atoms with van der Waals surface area (Å²) in [5.74, 6) is 0.133. The van der Waals surface area contributed by atoms with E-state index in [0.717, 1.165) is 78.4 Å². The van der Waals surface area contributed by atoms with E-state index >= 15 is 0 Å². The molecular formula is C90H86Ir4N5O6-5. The fourth-order valence-corrected chi connectivity index (χ4v) is 10.4. The molecule has 5 heterocycles. The Labute approximate surface area is 673 Å². The van der Waals surface area contributed by atoms with Crippen LogP contribution in [0.4, 0.5) is 0 Å². The van der Waals surface area contributed by atoms with Gasteiger partial charge < -0.3 is 15.0 Å². The van der Waals surface area contributed by atoms with E-state index in [0.29, 0.717) is 5.92 Å². The molecule has 15 heteroatoms. The molecular weight excluding hydrogens is 2020 g/mol. The van der Waals surface area contributed by atoms with Crippen molar-refractivity contribution in [3.63, 3.8) is 0 Å². The summed E-state index contributed by atoms with van der Waals surface area (Å²) in [5, 5.41) is 5.99. The number of fused-ring (bicyclic) bond motifs is 4. The molecule has 0 N–H and O–H groups in total. The van der Waals surface area contributed by atoms with Crippen molar-refractivity contribution in [1.82, 2.24) is 24.9 Å². The number of para-hydroxylation sites is 2. The molecule has 0 fully saturated rings. The van der Waals surface area contributed by atoms with E-state index < -0.39 is 0 Å². The molecule has 13 rings (SSSR count). The van der Waals surface area contributed by atoms with Crippen molar-refractivity contribution in [2.24, 2.45) is 0 Å². The minimum atomic E-state index is -0.0625. The Balaban J connectivity index is 0.000000417. The minimum absolute atomic E-state index is 0. The van der Waals surface area contributed by atoms with Crippen LogP contribution in [0.15, 0.2) is 237 Å². The Bertz CT molecular complexity index is 4760. The number of nitrogens with zero attached hydrogens (tertiary/aromatic N) is 5. The number of rotatable bonds is 12. The second kappa shape index (κ2) is 48.8. The van der Waals surface area contributed by atoms with Crippen LogP contribution < -0.4 is 0 Å². The van der Waals surface area contributed by atoms with Crippen molar-refractivity contribution in [1.29, 1.82) is 0 Å². The Morgan fingerprint density at radius 1 is 0.390 bits per heavy atom. The van der Waals surface area contributed by atoms with Gasteiger partial charge >= 0.3 is 0 Å². The van der Waals surface area contributed by atoms with Gasteiger partial charge in [0.05, 0.1) is 30.3 Å². The number of benzene rings is 8. The van der Waals surface area contributed by atoms with Crippen LogP contribution in [0.5, 0.6) is 0 Å². The second-order valence-electron chi connectivity index (χ2n) is 24.4. The molecule has 0 saturated heterocycles. The number of carbonyl (C=O) groups is 6. The predicted octanol–water partition coefficient (Wildman–Crippen LogP) is 20.7. The molecule has 0 amide bonds. The molecule has 0 bridgehead atoms. The van der Waals surface area contributed by atoms with E-state index in [-0.39, 0.29) is 134 Å². The molecule has 0 atom stereocenters. The van der Waals surface area contributed by atoms with Crippen molar-refractivity contribution in [2.45, 2.75) is 115 Å². The number of carbonyl (C=O) groups excluding carboxylic acids is 6. The number of pyridine rings is 5. The third-order valence-corrected chi connectivity index (χ3v) is 14.5. The fourth-order valence-electron chi connectivity index (χ4n) is 10.4. The standard InChI is InChI=1S/C20H20N.C17H14N.C15H10N.C12H10N.C11H8N.3C5H8O2.4Ir/c1-13(2)17-6-5-7-20-18(17)8-9-19(21-20)16-11-14(3)10-15(4)12-16;1-12-9-13(2)11-15(10-12)17-8-7-14-5-3-4-6-16(14)18-17;1-2-7-13(8-3-1)15-14-9-5-4-6-12(14)10-11-16-15;1-2-5-11-9-8-10-6-3-4-7-12(10)13-11;1-2-6-10(7-3-1)11-8-4-5-9-12-11;3*1-4(6)3-5(2)7;;;;/h5-11,13H,1-4H3;3-10H,1-2H3;1-7,9-11H;3-9H,1H3;1-6,8-9H;3*3H2,1-2H3;;;;/q5*-1;;;;;;;. The van der Waals surface area contributed by atoms with E-state index in [1.165, 1.54) is 85.2 Å². The minimum Gasteiger partial charge on any atom is -0.344 e. The van der Waals surface area contributed by atoms with Gasteiger partial charge in [-0.25, -0.2) is 6.08 Å². The van der Waals surface area contributed by atoms with Gasteiger partial charge in [-0.1, -0.05) is 162 Å². The summed E-state index contributed by atoms with van der Waals surface area (Å²) in [6.45, 7) is 23.1. The molecule has 0 aliphatic heterocycles. The first kappa shape index (κ1) is 92.0. The summed E-state index contributed by atoms with van der Waals surface area (Å²) in [4.78, 5) is 82.8. The van der Waals surface area contributed by atoms with Gasteiger partial charge in [0.15, 0.2) is 0 Å². The van der Waals surface area contributed by atoms with E-state index in [1.807, 2.05) is 147 Å². The molecule has 0 spiro atoms. The maximum absolute atomic E-state index is 10.0. The van der Waals surface area contributed by atoms with Gasteiger partial charge in [0.1, 0.15) is 34.7 Å². The van der Waals surface area contributed by atoms with Crippen LogP contribution >= 0.6 is 0 Å². The second-order valence-corrected chi connectivity index (χ2v) is 24.4. The number of hydrogen-bond donors (Lipinski definition) is 0. The number of allylic oxidation sites excluding steroid dienone is 1. The van der Waals surface area contributed by atoms with E-state index in [9.17, 15) is 28.8 Å². The van der Waals surface area contributed by atoms with Gasteiger partial charge in [0, 0.05) is 104 Å². The Hall–Kier alpha value is -9.09. The summed E-state index contributed by atoms with van der Waals surface area (Å²) >= 11 is 0. The van der Waals surface area contributed by atoms with Crippen LogP contribution in [0.25, 0.3) is 94.6 Å². The summed E-state index contributed by atoms with van der Waals surface area (Å²) in [5.41, 5.74) is 18.4. The predicted molar refractivity (Wildman–Crippen MR) is 413 cm³/mol. The summed E-state index contributed by atoms with van der Waals surface area (Å²) in [6.07, 6.45) is 8.73. The van der Waals surface area contributed by atoms with Crippen molar-refractivity contribution in [3.05, 3.63) is 301 Å². The average molecular weight is 2100 g/mol. The van der Waals surface area contributed by atoms with Crippen molar-refractivity contribution < 1.29 is 109 Å². The molecule has 11 nitrogen and oxygen atoms in total. The van der Waals surface area contributed by atoms with Crippen LogP contribution in [0.3, 0.4) is 0 Å². The van der Waals surface area contributed by atoms with Gasteiger partial charge in [0.2, 0.25) is 0 Å². The van der Waals surface area contributed by atoms with Crippen molar-refractivity contribution >= 4 is 84.3 Å². The Kier molecular flexibility index (Phi) is 42.8. The summed E-state index contributed by atoms with van der Waals surface area (Å²) in [6, 6.07) is 88.8. The van der Waals surface area contributed by atoms with Crippen molar-refractivity contribution in [2.75, 3.05) is 0 Å². The van der Waals surface area contributed by atoms with Crippen LogP contribution in [0.2, 0.25) is 0 Å². The SMILES string of the molecule is CC(=O)CC(C)=O.CC(=O)CC(C)=O.CC(=O)CC(C)=O.C[C-]=Cc1ccc2ccccc2n1.Cc1[c-]c(-c2ccc3c(C(C)C)cccc3n2)cc(C)c1.Cc1[c-]c(-c2ccc3ccccc3n2)cc(C)c1.[Ir].[Ir].[Ir].[Ir].[c-]1ccccc1-c1ccccn1.[c-]1ccccc1-c1nccc2ccccc12. The van der Waals surface area contributed by atoms with Crippen molar-refractivity contribution in [3.8, 4) is 45.0 Å². The zero-order valence-electron chi connectivity index (χ0n) is 61.3. The van der Waals surface area contributed by atoms with Gasteiger partial charge in [-0.2, -0.15) is 0 Å². The van der Waals surface area contributed by atoms with Crippen LogP contribution in [0.1, 0.15) is 121 Å². The van der Waals surface area contributed by atoms with Gasteiger partial charge in [-0.3, -0.25) is 44.8 Å². The number of aromatic nitrogens is 5. The third kappa shape index (κ3) is 32.9. The molecule has 5 aromatic heterocycles. The zero-order valence-corrected chi connectivity index (χ0v) is 70.9. The normalized spacial score (nSPS) is 9.85. The molecule has 0 aliphatic rings. The topological polar surface area (TPSA) is 167 Å². The number of Topliss-reactive ketones (excluding diaryl/α,β-unsaturated/α-hetero) is 6.